The first-order chi connectivity index (χ1) is 14.6. The fourth-order valence-corrected chi connectivity index (χ4v) is 4.70. The molecule has 0 saturated heterocycles. The first kappa shape index (κ1) is 17.3. The highest BCUT2D eigenvalue weighted by molar-refractivity contribution is 6.12. The minimum atomic E-state index is -0.252. The molecular weight excluding hydrogens is 377 g/mol. The van der Waals surface area contributed by atoms with E-state index in [4.69, 9.17) is 4.99 Å². The molecule has 0 saturated carbocycles. The van der Waals surface area contributed by atoms with Crippen molar-refractivity contribution in [2.75, 3.05) is 0 Å². The number of aromatic nitrogens is 3. The number of hydrogen-bond acceptors (Lipinski definition) is 4. The number of pyridine rings is 2. The van der Waals surface area contributed by atoms with Gasteiger partial charge in [0.1, 0.15) is 17.7 Å². The summed E-state index contributed by atoms with van der Waals surface area (Å²) in [6.07, 6.45) is 3.59. The van der Waals surface area contributed by atoms with Crippen LogP contribution in [-0.2, 0) is 0 Å². The van der Waals surface area contributed by atoms with Crippen LogP contribution in [0.4, 0.5) is 4.39 Å². The van der Waals surface area contributed by atoms with Crippen molar-refractivity contribution in [3.8, 4) is 11.4 Å². The molecule has 0 bridgehead atoms. The normalized spacial score (nSPS) is 19.3. The van der Waals surface area contributed by atoms with Gasteiger partial charge in [-0.1, -0.05) is 26.0 Å². The number of rotatable bonds is 2. The first-order valence-corrected chi connectivity index (χ1v) is 10.2. The molecule has 4 aromatic rings. The molecule has 30 heavy (non-hydrogen) atoms. The Morgan fingerprint density at radius 1 is 0.967 bits per heavy atom. The quantitative estimate of drug-likeness (QED) is 0.498. The van der Waals surface area contributed by atoms with Crippen molar-refractivity contribution < 1.29 is 4.39 Å². The maximum absolute atomic E-state index is 14.1. The summed E-state index contributed by atoms with van der Waals surface area (Å²) in [7, 11) is 0. The molecule has 6 rings (SSSR count). The Labute approximate surface area is 173 Å². The van der Waals surface area contributed by atoms with E-state index in [1.54, 1.807) is 24.5 Å². The van der Waals surface area contributed by atoms with Crippen LogP contribution in [0, 0.1) is 5.82 Å². The van der Waals surface area contributed by atoms with Gasteiger partial charge >= 0.3 is 0 Å². The number of nitrogens with one attached hydrogen (secondary N) is 2. The van der Waals surface area contributed by atoms with Crippen molar-refractivity contribution >= 4 is 16.7 Å². The zero-order valence-electron chi connectivity index (χ0n) is 16.6. The molecule has 5 nitrogen and oxygen atoms in total. The summed E-state index contributed by atoms with van der Waals surface area (Å²) in [6, 6.07) is 12.8. The molecule has 0 fully saturated rings. The molecule has 1 aliphatic heterocycles. The van der Waals surface area contributed by atoms with Crippen molar-refractivity contribution in [1.29, 1.82) is 0 Å². The van der Waals surface area contributed by atoms with Gasteiger partial charge in [0.25, 0.3) is 0 Å². The Kier molecular flexibility index (Phi) is 3.60. The second-order valence-electron chi connectivity index (χ2n) is 8.19. The van der Waals surface area contributed by atoms with Crippen LogP contribution in [0.3, 0.4) is 0 Å². The van der Waals surface area contributed by atoms with Gasteiger partial charge in [-0.05, 0) is 36.2 Å². The Hall–Kier alpha value is -3.54. The van der Waals surface area contributed by atoms with Gasteiger partial charge < -0.3 is 10.3 Å². The van der Waals surface area contributed by atoms with Crippen molar-refractivity contribution in [1.82, 2.24) is 20.3 Å². The van der Waals surface area contributed by atoms with E-state index in [-0.39, 0.29) is 23.8 Å². The average molecular weight is 397 g/mol. The van der Waals surface area contributed by atoms with Crippen LogP contribution in [0.1, 0.15) is 54.2 Å². The molecule has 2 aliphatic rings. The molecule has 3 aromatic heterocycles. The second-order valence-corrected chi connectivity index (χ2v) is 8.19. The largest absolute Gasteiger partial charge is 0.360 e. The Balaban J connectivity index is 1.57. The lowest BCUT2D eigenvalue weighted by atomic mass is 9.85. The Bertz CT molecular complexity index is 1340. The molecule has 2 N–H and O–H groups in total. The summed E-state index contributed by atoms with van der Waals surface area (Å²) in [5.74, 6) is 0.778. The highest BCUT2D eigenvalue weighted by atomic mass is 19.1. The Morgan fingerprint density at radius 3 is 2.47 bits per heavy atom. The van der Waals surface area contributed by atoms with Crippen molar-refractivity contribution in [3.05, 3.63) is 83.1 Å². The SMILES string of the molecule is CC(C)c1[nH]c2ccc(F)cc2c1C1=NC2c3cccnc3-c3ncccc3C2N1. The van der Waals surface area contributed by atoms with Gasteiger partial charge in [0.05, 0.1) is 17.4 Å². The van der Waals surface area contributed by atoms with E-state index < -0.39 is 0 Å². The summed E-state index contributed by atoms with van der Waals surface area (Å²) in [5.41, 5.74) is 6.85. The fraction of sp³-hybridized carbons (Fsp3) is 0.208. The molecule has 148 valence electrons. The summed E-state index contributed by atoms with van der Waals surface area (Å²) >= 11 is 0. The van der Waals surface area contributed by atoms with Crippen molar-refractivity contribution in [2.45, 2.75) is 31.8 Å². The zero-order valence-corrected chi connectivity index (χ0v) is 16.6. The number of halogens is 1. The van der Waals surface area contributed by atoms with Gasteiger partial charge in [0.2, 0.25) is 0 Å². The van der Waals surface area contributed by atoms with E-state index >= 15 is 0 Å². The predicted octanol–water partition coefficient (Wildman–Crippen LogP) is 5.03. The van der Waals surface area contributed by atoms with E-state index in [1.807, 2.05) is 12.1 Å². The number of fused-ring (bicyclic) bond motifs is 7. The van der Waals surface area contributed by atoms with Crippen LogP contribution in [-0.4, -0.2) is 20.8 Å². The average Bonchev–Trinajstić information content (AvgIpc) is 3.35. The van der Waals surface area contributed by atoms with E-state index in [9.17, 15) is 4.39 Å². The van der Waals surface area contributed by atoms with Crippen LogP contribution in [0.5, 0.6) is 0 Å². The minimum Gasteiger partial charge on any atom is -0.360 e. The lowest BCUT2D eigenvalue weighted by Crippen LogP contribution is -2.28. The van der Waals surface area contributed by atoms with Gasteiger partial charge in [-0.25, -0.2) is 4.39 Å². The van der Waals surface area contributed by atoms with Crippen molar-refractivity contribution in [2.24, 2.45) is 4.99 Å². The highest BCUT2D eigenvalue weighted by Gasteiger charge is 2.40. The third-order valence-corrected chi connectivity index (χ3v) is 6.04. The number of amidine groups is 1. The molecule has 2 atom stereocenters. The Morgan fingerprint density at radius 2 is 1.70 bits per heavy atom. The second kappa shape index (κ2) is 6.23. The predicted molar refractivity (Wildman–Crippen MR) is 115 cm³/mol. The molecule has 2 unspecified atom stereocenters. The van der Waals surface area contributed by atoms with E-state index in [0.717, 1.165) is 50.5 Å². The summed E-state index contributed by atoms with van der Waals surface area (Å²) in [4.78, 5) is 17.8. The van der Waals surface area contributed by atoms with Gasteiger partial charge in [-0.3, -0.25) is 15.0 Å². The molecule has 4 heterocycles. The summed E-state index contributed by atoms with van der Waals surface area (Å²) < 4.78 is 14.1. The number of H-pyrrole nitrogens is 1. The third-order valence-electron chi connectivity index (χ3n) is 6.04. The molecule has 0 radical (unpaired) electrons. The molecular formula is C24H20FN5. The monoisotopic (exact) mass is 397 g/mol. The number of aromatic amines is 1. The number of nitrogens with zero attached hydrogens (tertiary/aromatic N) is 3. The zero-order chi connectivity index (χ0) is 20.4. The topological polar surface area (TPSA) is 66.0 Å². The smallest absolute Gasteiger partial charge is 0.132 e. The van der Waals surface area contributed by atoms with Gasteiger partial charge in [0, 0.05) is 45.7 Å². The van der Waals surface area contributed by atoms with Crippen LogP contribution in [0.15, 0.2) is 59.9 Å². The van der Waals surface area contributed by atoms with Crippen LogP contribution in [0.25, 0.3) is 22.3 Å². The van der Waals surface area contributed by atoms with E-state index in [2.05, 4.69) is 46.2 Å². The third kappa shape index (κ3) is 2.36. The van der Waals surface area contributed by atoms with Crippen molar-refractivity contribution in [3.63, 3.8) is 0 Å². The van der Waals surface area contributed by atoms with Gasteiger partial charge in [-0.15, -0.1) is 0 Å². The lowest BCUT2D eigenvalue weighted by molar-refractivity contribution is 0.561. The first-order valence-electron chi connectivity index (χ1n) is 10.2. The maximum atomic E-state index is 14.1. The summed E-state index contributed by atoms with van der Waals surface area (Å²) in [6.45, 7) is 4.26. The highest BCUT2D eigenvalue weighted by Crippen LogP contribution is 2.47. The fourth-order valence-electron chi connectivity index (χ4n) is 4.70. The van der Waals surface area contributed by atoms with Crippen LogP contribution >= 0.6 is 0 Å². The summed E-state index contributed by atoms with van der Waals surface area (Å²) in [5, 5.41) is 4.49. The van der Waals surface area contributed by atoms with Crippen LogP contribution < -0.4 is 5.32 Å². The van der Waals surface area contributed by atoms with Gasteiger partial charge in [-0.2, -0.15) is 0 Å². The van der Waals surface area contributed by atoms with Crippen LogP contribution in [0.2, 0.25) is 0 Å². The molecule has 0 amide bonds. The number of benzene rings is 1. The number of hydrogen-bond donors (Lipinski definition) is 2. The lowest BCUT2D eigenvalue weighted by Gasteiger charge is -2.27. The molecule has 1 aromatic carbocycles. The van der Waals surface area contributed by atoms with E-state index in [0.29, 0.717) is 0 Å². The molecule has 1 aliphatic carbocycles. The number of aliphatic imine (C=N–C) groups is 1. The van der Waals surface area contributed by atoms with E-state index in [1.165, 1.54) is 6.07 Å². The maximum Gasteiger partial charge on any atom is 0.132 e. The molecule has 6 heteroatoms. The van der Waals surface area contributed by atoms with Gasteiger partial charge in [0.15, 0.2) is 0 Å². The molecule has 0 spiro atoms. The standard InChI is InChI=1S/C24H20FN5/c1-12(2)19-18(16-11-13(25)7-8-17(16)28-19)24-29-22-14-5-3-9-26-20(14)21-15(23(22)30-24)6-4-10-27-21/h3-12,22-23,28H,1-2H3,(H,29,30). The minimum absolute atomic E-state index is 0.0288.